The lowest BCUT2D eigenvalue weighted by atomic mass is 10.1. The van der Waals surface area contributed by atoms with E-state index in [9.17, 15) is 0 Å². The first-order valence-electron chi connectivity index (χ1n) is 6.97. The Labute approximate surface area is 137 Å². The molecule has 0 unspecified atom stereocenters. The summed E-state index contributed by atoms with van der Waals surface area (Å²) in [6.07, 6.45) is 0.747. The average Bonchev–Trinajstić information content (AvgIpc) is 3.11. The van der Waals surface area contributed by atoms with Crippen LogP contribution in [0.5, 0.6) is 0 Å². The summed E-state index contributed by atoms with van der Waals surface area (Å²) in [4.78, 5) is 0. The highest BCUT2D eigenvalue weighted by atomic mass is 35.5. The Morgan fingerprint density at radius 2 is 1.82 bits per heavy atom. The lowest BCUT2D eigenvalue weighted by Gasteiger charge is -2.13. The third kappa shape index (κ3) is 2.46. The molecule has 0 amide bonds. The van der Waals surface area contributed by atoms with Crippen LogP contribution < -0.4 is 5.43 Å². The van der Waals surface area contributed by atoms with Gasteiger partial charge in [0, 0.05) is 17.0 Å². The van der Waals surface area contributed by atoms with Crippen LogP contribution in [0.2, 0.25) is 5.02 Å². The zero-order valence-corrected chi connectivity index (χ0v) is 13.2. The Morgan fingerprint density at radius 1 is 1.05 bits per heavy atom. The molecule has 6 heteroatoms. The molecule has 22 heavy (non-hydrogen) atoms. The minimum Gasteiger partial charge on any atom is -0.304 e. The van der Waals surface area contributed by atoms with E-state index in [0.717, 1.165) is 28.0 Å². The van der Waals surface area contributed by atoms with Gasteiger partial charge in [0.25, 0.3) is 0 Å². The number of hydrogen-bond acceptors (Lipinski definition) is 4. The lowest BCUT2D eigenvalue weighted by molar-refractivity contribution is 0.747. The summed E-state index contributed by atoms with van der Waals surface area (Å²) < 4.78 is 1.96. The Morgan fingerprint density at radius 3 is 2.64 bits per heavy atom. The molecule has 1 aliphatic rings. The van der Waals surface area contributed by atoms with Gasteiger partial charge in [-0.15, -0.1) is 10.2 Å². The van der Waals surface area contributed by atoms with E-state index in [0.29, 0.717) is 0 Å². The molecule has 0 radical (unpaired) electrons. The number of halogens is 1. The van der Waals surface area contributed by atoms with E-state index in [2.05, 4.69) is 27.8 Å². The SMILES string of the molecule is Clc1ccccc1[C@H]1Nn2c(Cc3ccccc3)nnc2S1. The summed E-state index contributed by atoms with van der Waals surface area (Å²) in [6, 6.07) is 18.1. The number of aromatic nitrogens is 3. The van der Waals surface area contributed by atoms with Crippen molar-refractivity contribution in [2.75, 3.05) is 5.43 Å². The van der Waals surface area contributed by atoms with Crippen molar-refractivity contribution in [2.24, 2.45) is 0 Å². The predicted octanol–water partition coefficient (Wildman–Crippen LogP) is 3.87. The van der Waals surface area contributed by atoms with Crippen molar-refractivity contribution < 1.29 is 0 Å². The van der Waals surface area contributed by atoms with Crippen molar-refractivity contribution in [3.05, 3.63) is 76.6 Å². The van der Waals surface area contributed by atoms with Crippen LogP contribution in [0.1, 0.15) is 22.3 Å². The number of rotatable bonds is 3. The van der Waals surface area contributed by atoms with E-state index in [1.807, 2.05) is 47.1 Å². The number of benzene rings is 2. The van der Waals surface area contributed by atoms with Crippen molar-refractivity contribution in [3.63, 3.8) is 0 Å². The number of hydrogen-bond donors (Lipinski definition) is 1. The fourth-order valence-electron chi connectivity index (χ4n) is 2.47. The molecule has 4 nitrogen and oxygen atoms in total. The van der Waals surface area contributed by atoms with Crippen LogP contribution in [-0.2, 0) is 6.42 Å². The van der Waals surface area contributed by atoms with Crippen molar-refractivity contribution in [1.82, 2.24) is 14.9 Å². The first-order valence-corrected chi connectivity index (χ1v) is 8.23. The molecule has 2 heterocycles. The number of nitrogens with one attached hydrogen (secondary N) is 1. The number of thioether (sulfide) groups is 1. The fourth-order valence-corrected chi connectivity index (χ4v) is 3.83. The van der Waals surface area contributed by atoms with Crippen LogP contribution in [0.25, 0.3) is 0 Å². The standard InChI is InChI=1S/C16H13ClN4S/c17-13-9-5-4-8-12(13)15-20-21-14(18-19-16(21)22-15)10-11-6-2-1-3-7-11/h1-9,15,20H,10H2/t15-/m0/s1. The van der Waals surface area contributed by atoms with E-state index in [1.54, 1.807) is 11.8 Å². The van der Waals surface area contributed by atoms with E-state index in [-0.39, 0.29) is 5.37 Å². The first-order chi connectivity index (χ1) is 10.8. The molecule has 0 aliphatic carbocycles. The smallest absolute Gasteiger partial charge is 0.212 e. The summed E-state index contributed by atoms with van der Waals surface area (Å²) in [5, 5.41) is 10.2. The van der Waals surface area contributed by atoms with E-state index >= 15 is 0 Å². The monoisotopic (exact) mass is 328 g/mol. The highest BCUT2D eigenvalue weighted by Gasteiger charge is 2.28. The van der Waals surface area contributed by atoms with Gasteiger partial charge in [-0.2, -0.15) is 0 Å². The summed E-state index contributed by atoms with van der Waals surface area (Å²) in [7, 11) is 0. The van der Waals surface area contributed by atoms with Crippen LogP contribution in [-0.4, -0.2) is 14.9 Å². The second-order valence-electron chi connectivity index (χ2n) is 5.05. The molecule has 0 saturated carbocycles. The Hall–Kier alpha value is -1.98. The number of fused-ring (bicyclic) bond motifs is 1. The maximum Gasteiger partial charge on any atom is 0.212 e. The quantitative estimate of drug-likeness (QED) is 0.792. The van der Waals surface area contributed by atoms with Gasteiger partial charge in [0.2, 0.25) is 5.16 Å². The molecule has 0 saturated heterocycles. The van der Waals surface area contributed by atoms with Gasteiger partial charge in [0.15, 0.2) is 5.82 Å². The molecule has 0 fully saturated rings. The Kier molecular flexibility index (Phi) is 3.52. The topological polar surface area (TPSA) is 42.7 Å². The first kappa shape index (κ1) is 13.7. The van der Waals surface area contributed by atoms with Crippen molar-refractivity contribution >= 4 is 23.4 Å². The summed E-state index contributed by atoms with van der Waals surface area (Å²) in [6.45, 7) is 0. The van der Waals surface area contributed by atoms with Gasteiger partial charge in [-0.3, -0.25) is 0 Å². The molecule has 1 aliphatic heterocycles. The van der Waals surface area contributed by atoms with Crippen LogP contribution in [0, 0.1) is 0 Å². The minimum atomic E-state index is 0.0636. The third-order valence-corrected chi connectivity index (χ3v) is 4.98. The maximum absolute atomic E-state index is 6.29. The predicted molar refractivity (Wildman–Crippen MR) is 88.7 cm³/mol. The van der Waals surface area contributed by atoms with Crippen LogP contribution in [0.3, 0.4) is 0 Å². The molecule has 1 N–H and O–H groups in total. The molecule has 4 rings (SSSR count). The van der Waals surface area contributed by atoms with Gasteiger partial charge < -0.3 is 5.43 Å². The number of nitrogens with zero attached hydrogens (tertiary/aromatic N) is 3. The molecule has 0 spiro atoms. The lowest BCUT2D eigenvalue weighted by Crippen LogP contribution is -2.16. The van der Waals surface area contributed by atoms with Gasteiger partial charge in [0.05, 0.1) is 0 Å². The van der Waals surface area contributed by atoms with Crippen molar-refractivity contribution in [2.45, 2.75) is 17.0 Å². The van der Waals surface area contributed by atoms with Crippen LogP contribution in [0.15, 0.2) is 59.8 Å². The summed E-state index contributed by atoms with van der Waals surface area (Å²) >= 11 is 7.91. The molecular formula is C16H13ClN4S. The zero-order valence-electron chi connectivity index (χ0n) is 11.6. The van der Waals surface area contributed by atoms with E-state index in [4.69, 9.17) is 11.6 Å². The van der Waals surface area contributed by atoms with E-state index in [1.165, 1.54) is 5.56 Å². The highest BCUT2D eigenvalue weighted by molar-refractivity contribution is 7.99. The van der Waals surface area contributed by atoms with Crippen molar-refractivity contribution in [1.29, 1.82) is 0 Å². The molecule has 0 bridgehead atoms. The van der Waals surface area contributed by atoms with E-state index < -0.39 is 0 Å². The largest absolute Gasteiger partial charge is 0.304 e. The van der Waals surface area contributed by atoms with Gasteiger partial charge in [-0.25, -0.2) is 4.68 Å². The van der Waals surface area contributed by atoms with Crippen molar-refractivity contribution in [3.8, 4) is 0 Å². The maximum atomic E-state index is 6.29. The van der Waals surface area contributed by atoms with Gasteiger partial charge in [-0.1, -0.05) is 71.9 Å². The summed E-state index contributed by atoms with van der Waals surface area (Å²) in [5.74, 6) is 0.906. The van der Waals surface area contributed by atoms with Gasteiger partial charge >= 0.3 is 0 Å². The molecular weight excluding hydrogens is 316 g/mol. The molecule has 1 atom stereocenters. The van der Waals surface area contributed by atoms with Crippen LogP contribution >= 0.6 is 23.4 Å². The Bertz CT molecular complexity index is 803. The zero-order chi connectivity index (χ0) is 14.9. The highest BCUT2D eigenvalue weighted by Crippen LogP contribution is 2.41. The average molecular weight is 329 g/mol. The second-order valence-corrected chi connectivity index (χ2v) is 6.52. The van der Waals surface area contributed by atoms with Gasteiger partial charge in [-0.05, 0) is 11.6 Å². The van der Waals surface area contributed by atoms with Crippen LogP contribution in [0.4, 0.5) is 0 Å². The fraction of sp³-hybridized carbons (Fsp3) is 0.125. The molecule has 110 valence electrons. The minimum absolute atomic E-state index is 0.0636. The molecule has 2 aromatic carbocycles. The van der Waals surface area contributed by atoms with Gasteiger partial charge in [0.1, 0.15) is 5.37 Å². The Balaban J connectivity index is 1.59. The normalized spacial score (nSPS) is 16.3. The summed E-state index contributed by atoms with van der Waals surface area (Å²) in [5.41, 5.74) is 5.70. The molecule has 3 aromatic rings. The molecule has 1 aromatic heterocycles. The third-order valence-electron chi connectivity index (χ3n) is 3.56. The second kappa shape index (κ2) is 5.66.